The molecular formula is C22H29Cl3N2S. The molecule has 0 radical (unpaired) electrons. The van der Waals surface area contributed by atoms with Crippen molar-refractivity contribution >= 4 is 48.2 Å². The van der Waals surface area contributed by atoms with Gasteiger partial charge in [-0.1, -0.05) is 54.4 Å². The molecule has 1 N–H and O–H groups in total. The molecule has 6 heteroatoms. The minimum atomic E-state index is 0. The van der Waals surface area contributed by atoms with Gasteiger partial charge in [0.1, 0.15) is 0 Å². The molecule has 0 unspecified atom stereocenters. The minimum absolute atomic E-state index is 0. The first-order valence-electron chi connectivity index (χ1n) is 9.78. The van der Waals surface area contributed by atoms with Crippen molar-refractivity contribution in [3.63, 3.8) is 0 Å². The molecule has 1 aliphatic carbocycles. The summed E-state index contributed by atoms with van der Waals surface area (Å²) in [4.78, 5) is 5.38. The lowest BCUT2D eigenvalue weighted by Crippen LogP contribution is -2.46. The Balaban J connectivity index is 0.00000140. The maximum atomic E-state index is 6.06. The Bertz CT molecular complexity index is 714. The van der Waals surface area contributed by atoms with Crippen LogP contribution < -0.4 is 5.32 Å². The molecule has 1 aliphatic heterocycles. The van der Waals surface area contributed by atoms with E-state index in [1.54, 1.807) is 0 Å². The van der Waals surface area contributed by atoms with Crippen LogP contribution in [0.5, 0.6) is 0 Å². The van der Waals surface area contributed by atoms with Crippen molar-refractivity contribution in [3.8, 4) is 0 Å². The standard InChI is InChI=1S/C22H27ClN2S.2ClH/c23-18-9-11-19(12-10-18)26-21-8-4-3-7-20(21)22(17-5-1-2-6-17)25-15-13-24-14-16-25;;/h3-4,7-12,17,22,24H,1-2,5-6,13-16H2;2*1H/t22-;;/m0../s1. The van der Waals surface area contributed by atoms with Crippen LogP contribution in [0.1, 0.15) is 37.3 Å². The molecule has 0 aromatic heterocycles. The molecule has 0 amide bonds. The van der Waals surface area contributed by atoms with Crippen LogP contribution in [0.15, 0.2) is 58.3 Å². The highest BCUT2D eigenvalue weighted by molar-refractivity contribution is 7.99. The van der Waals surface area contributed by atoms with Crippen LogP contribution in [-0.4, -0.2) is 31.1 Å². The van der Waals surface area contributed by atoms with Gasteiger partial charge in [-0.15, -0.1) is 24.8 Å². The molecule has 2 aromatic rings. The summed E-state index contributed by atoms with van der Waals surface area (Å²) >= 11 is 7.94. The smallest absolute Gasteiger partial charge is 0.0406 e. The Morgan fingerprint density at radius 2 is 1.57 bits per heavy atom. The SMILES string of the molecule is Cl.Cl.Clc1ccc(Sc2ccccc2[C@H](C2CCCC2)N2CCNCC2)cc1. The molecule has 2 nitrogen and oxygen atoms in total. The molecule has 28 heavy (non-hydrogen) atoms. The van der Waals surface area contributed by atoms with Gasteiger partial charge in [0.25, 0.3) is 0 Å². The highest BCUT2D eigenvalue weighted by Crippen LogP contribution is 2.44. The quantitative estimate of drug-likeness (QED) is 0.551. The Morgan fingerprint density at radius 3 is 2.25 bits per heavy atom. The van der Waals surface area contributed by atoms with Crippen molar-refractivity contribution < 1.29 is 0 Å². The van der Waals surface area contributed by atoms with Gasteiger partial charge in [0, 0.05) is 47.0 Å². The molecule has 1 heterocycles. The van der Waals surface area contributed by atoms with Crippen molar-refractivity contribution in [1.29, 1.82) is 0 Å². The van der Waals surface area contributed by atoms with Crippen molar-refractivity contribution in [2.24, 2.45) is 5.92 Å². The lowest BCUT2D eigenvalue weighted by Gasteiger charge is -2.39. The number of hydrogen-bond acceptors (Lipinski definition) is 3. The van der Waals surface area contributed by atoms with Crippen molar-refractivity contribution in [3.05, 3.63) is 59.1 Å². The van der Waals surface area contributed by atoms with E-state index in [0.29, 0.717) is 6.04 Å². The number of halogens is 3. The predicted molar refractivity (Wildman–Crippen MR) is 126 cm³/mol. The van der Waals surface area contributed by atoms with Gasteiger partial charge in [0.15, 0.2) is 0 Å². The zero-order valence-corrected chi connectivity index (χ0v) is 19.2. The fourth-order valence-corrected chi connectivity index (χ4v) is 5.53. The fraction of sp³-hybridized carbons (Fsp3) is 0.455. The number of benzene rings is 2. The first-order valence-corrected chi connectivity index (χ1v) is 11.0. The molecule has 2 fully saturated rings. The summed E-state index contributed by atoms with van der Waals surface area (Å²) in [6.45, 7) is 4.52. The fourth-order valence-electron chi connectivity index (χ4n) is 4.43. The monoisotopic (exact) mass is 458 g/mol. The van der Waals surface area contributed by atoms with Gasteiger partial charge in [-0.2, -0.15) is 0 Å². The third-order valence-corrected chi connectivity index (χ3v) is 7.02. The highest BCUT2D eigenvalue weighted by Gasteiger charge is 2.33. The van der Waals surface area contributed by atoms with Gasteiger partial charge in [0.05, 0.1) is 0 Å². The van der Waals surface area contributed by atoms with Crippen molar-refractivity contribution in [2.75, 3.05) is 26.2 Å². The van der Waals surface area contributed by atoms with Crippen LogP contribution in [0.25, 0.3) is 0 Å². The summed E-state index contributed by atoms with van der Waals surface area (Å²) in [7, 11) is 0. The second kappa shape index (κ2) is 11.7. The van der Waals surface area contributed by atoms with Gasteiger partial charge in [-0.25, -0.2) is 0 Å². The van der Waals surface area contributed by atoms with E-state index in [2.05, 4.69) is 46.6 Å². The summed E-state index contributed by atoms with van der Waals surface area (Å²) in [6.07, 6.45) is 5.52. The van der Waals surface area contributed by atoms with Gasteiger partial charge in [-0.3, -0.25) is 4.90 Å². The first-order chi connectivity index (χ1) is 12.8. The molecule has 2 aliphatic rings. The minimum Gasteiger partial charge on any atom is -0.314 e. The lowest BCUT2D eigenvalue weighted by molar-refractivity contribution is 0.123. The molecule has 154 valence electrons. The van der Waals surface area contributed by atoms with Crippen LogP contribution in [-0.2, 0) is 0 Å². The van der Waals surface area contributed by atoms with E-state index in [0.717, 1.165) is 37.1 Å². The number of piperazine rings is 1. The molecule has 1 atom stereocenters. The number of nitrogens with one attached hydrogen (secondary N) is 1. The summed E-state index contributed by atoms with van der Waals surface area (Å²) < 4.78 is 0. The Labute approximate surface area is 190 Å². The molecule has 1 saturated carbocycles. The highest BCUT2D eigenvalue weighted by atomic mass is 35.5. The second-order valence-corrected chi connectivity index (χ2v) is 8.92. The average Bonchev–Trinajstić information content (AvgIpc) is 3.20. The third-order valence-electron chi connectivity index (χ3n) is 5.67. The second-order valence-electron chi connectivity index (χ2n) is 7.37. The summed E-state index contributed by atoms with van der Waals surface area (Å²) in [5.41, 5.74) is 1.52. The largest absolute Gasteiger partial charge is 0.314 e. The Kier molecular flexibility index (Phi) is 9.96. The Hall–Kier alpha value is -0.420. The zero-order valence-electron chi connectivity index (χ0n) is 16.0. The van der Waals surface area contributed by atoms with E-state index in [9.17, 15) is 0 Å². The Morgan fingerprint density at radius 1 is 0.929 bits per heavy atom. The van der Waals surface area contributed by atoms with Crippen LogP contribution in [0.3, 0.4) is 0 Å². The predicted octanol–water partition coefficient (Wildman–Crippen LogP) is 6.47. The molecule has 4 rings (SSSR count). The van der Waals surface area contributed by atoms with Crippen LogP contribution in [0.4, 0.5) is 0 Å². The van der Waals surface area contributed by atoms with E-state index in [1.807, 2.05) is 23.9 Å². The zero-order chi connectivity index (χ0) is 17.8. The van der Waals surface area contributed by atoms with Gasteiger partial charge in [-0.05, 0) is 54.7 Å². The van der Waals surface area contributed by atoms with Crippen molar-refractivity contribution in [1.82, 2.24) is 10.2 Å². The molecule has 0 spiro atoms. The number of rotatable bonds is 5. The molecule has 2 aromatic carbocycles. The van der Waals surface area contributed by atoms with Crippen LogP contribution in [0.2, 0.25) is 5.02 Å². The third kappa shape index (κ3) is 5.81. The van der Waals surface area contributed by atoms with Crippen molar-refractivity contribution in [2.45, 2.75) is 41.5 Å². The first kappa shape index (κ1) is 23.9. The van der Waals surface area contributed by atoms with E-state index in [4.69, 9.17) is 11.6 Å². The van der Waals surface area contributed by atoms with Crippen LogP contribution >= 0.6 is 48.2 Å². The van der Waals surface area contributed by atoms with Crippen LogP contribution in [0, 0.1) is 5.92 Å². The molecule has 1 saturated heterocycles. The number of nitrogens with zero attached hydrogens (tertiary/aromatic N) is 1. The molecular weight excluding hydrogens is 431 g/mol. The number of hydrogen-bond donors (Lipinski definition) is 1. The summed E-state index contributed by atoms with van der Waals surface area (Å²) in [5.74, 6) is 0.792. The normalized spacial score (nSPS) is 18.9. The van der Waals surface area contributed by atoms with Gasteiger partial charge < -0.3 is 5.32 Å². The van der Waals surface area contributed by atoms with E-state index >= 15 is 0 Å². The summed E-state index contributed by atoms with van der Waals surface area (Å²) in [5, 5.41) is 4.31. The van der Waals surface area contributed by atoms with Gasteiger partial charge in [0.2, 0.25) is 0 Å². The maximum absolute atomic E-state index is 6.06. The lowest BCUT2D eigenvalue weighted by atomic mass is 9.89. The van der Waals surface area contributed by atoms with E-state index < -0.39 is 0 Å². The topological polar surface area (TPSA) is 15.3 Å². The van der Waals surface area contributed by atoms with E-state index in [-0.39, 0.29) is 24.8 Å². The van der Waals surface area contributed by atoms with Gasteiger partial charge >= 0.3 is 0 Å². The molecule has 0 bridgehead atoms. The summed E-state index contributed by atoms with van der Waals surface area (Å²) in [6, 6.07) is 17.8. The average molecular weight is 460 g/mol. The van der Waals surface area contributed by atoms with E-state index in [1.165, 1.54) is 41.0 Å². The maximum Gasteiger partial charge on any atom is 0.0406 e.